The standard InChI is InChI=1S/C16H28O4/c1-3-11-17-15(5-1)19-13-7-9-14(10-8-13)20-16-6-2-4-12-18-16/h13-16H,1-12H2. The molecule has 0 aromatic rings. The van der Waals surface area contributed by atoms with Crippen molar-refractivity contribution in [3.05, 3.63) is 0 Å². The molecule has 2 atom stereocenters. The van der Waals surface area contributed by atoms with E-state index in [-0.39, 0.29) is 12.6 Å². The van der Waals surface area contributed by atoms with Crippen LogP contribution in [0.2, 0.25) is 0 Å². The number of rotatable bonds is 4. The van der Waals surface area contributed by atoms with Crippen LogP contribution in [0.1, 0.15) is 64.2 Å². The minimum atomic E-state index is 0.0490. The highest BCUT2D eigenvalue weighted by Crippen LogP contribution is 2.28. The quantitative estimate of drug-likeness (QED) is 0.793. The van der Waals surface area contributed by atoms with Crippen LogP contribution in [0.15, 0.2) is 0 Å². The van der Waals surface area contributed by atoms with Gasteiger partial charge in [-0.2, -0.15) is 0 Å². The molecule has 116 valence electrons. The molecule has 3 aliphatic rings. The molecule has 1 saturated carbocycles. The molecule has 2 saturated heterocycles. The average Bonchev–Trinajstić information content (AvgIpc) is 2.51. The molecular formula is C16H28O4. The summed E-state index contributed by atoms with van der Waals surface area (Å²) in [6, 6.07) is 0. The molecule has 0 radical (unpaired) electrons. The third-order valence-corrected chi connectivity index (χ3v) is 4.59. The van der Waals surface area contributed by atoms with Crippen molar-refractivity contribution in [1.82, 2.24) is 0 Å². The van der Waals surface area contributed by atoms with Gasteiger partial charge in [-0.25, -0.2) is 0 Å². The van der Waals surface area contributed by atoms with Crippen LogP contribution in [0.4, 0.5) is 0 Å². The molecule has 0 aromatic heterocycles. The summed E-state index contributed by atoms with van der Waals surface area (Å²) in [7, 11) is 0. The van der Waals surface area contributed by atoms with E-state index in [1.54, 1.807) is 0 Å². The van der Waals surface area contributed by atoms with Crippen LogP contribution in [-0.2, 0) is 18.9 Å². The lowest BCUT2D eigenvalue weighted by Gasteiger charge is -2.34. The van der Waals surface area contributed by atoms with E-state index in [0.29, 0.717) is 12.2 Å². The van der Waals surface area contributed by atoms with E-state index in [1.807, 2.05) is 0 Å². The Bertz CT molecular complexity index is 236. The molecular weight excluding hydrogens is 256 g/mol. The molecule has 2 heterocycles. The number of ether oxygens (including phenoxy) is 4. The van der Waals surface area contributed by atoms with Gasteiger partial charge in [-0.3, -0.25) is 0 Å². The number of hydrogen-bond donors (Lipinski definition) is 0. The summed E-state index contributed by atoms with van der Waals surface area (Å²) in [5.74, 6) is 0. The summed E-state index contributed by atoms with van der Waals surface area (Å²) in [6.07, 6.45) is 12.2. The van der Waals surface area contributed by atoms with Gasteiger partial charge in [-0.05, 0) is 64.2 Å². The van der Waals surface area contributed by atoms with E-state index in [1.165, 1.54) is 25.7 Å². The van der Waals surface area contributed by atoms with Crippen LogP contribution < -0.4 is 0 Å². The monoisotopic (exact) mass is 284 g/mol. The minimum Gasteiger partial charge on any atom is -0.353 e. The summed E-state index contributed by atoms with van der Waals surface area (Å²) in [4.78, 5) is 0. The van der Waals surface area contributed by atoms with Crippen LogP contribution in [0, 0.1) is 0 Å². The van der Waals surface area contributed by atoms with Crippen LogP contribution in [0.3, 0.4) is 0 Å². The zero-order valence-corrected chi connectivity index (χ0v) is 12.4. The first kappa shape index (κ1) is 14.8. The highest BCUT2D eigenvalue weighted by Gasteiger charge is 2.28. The van der Waals surface area contributed by atoms with Crippen LogP contribution >= 0.6 is 0 Å². The highest BCUT2D eigenvalue weighted by molar-refractivity contribution is 4.75. The lowest BCUT2D eigenvalue weighted by atomic mass is 9.94. The van der Waals surface area contributed by atoms with Crippen molar-refractivity contribution >= 4 is 0 Å². The Kier molecular flexibility index (Phi) is 5.71. The Morgan fingerprint density at radius 3 is 1.35 bits per heavy atom. The predicted molar refractivity (Wildman–Crippen MR) is 75.4 cm³/mol. The third kappa shape index (κ3) is 4.42. The largest absolute Gasteiger partial charge is 0.353 e. The molecule has 4 nitrogen and oxygen atoms in total. The topological polar surface area (TPSA) is 36.9 Å². The van der Waals surface area contributed by atoms with E-state index < -0.39 is 0 Å². The second kappa shape index (κ2) is 7.74. The van der Waals surface area contributed by atoms with E-state index >= 15 is 0 Å². The first-order valence-corrected chi connectivity index (χ1v) is 8.44. The molecule has 4 heteroatoms. The second-order valence-corrected chi connectivity index (χ2v) is 6.26. The van der Waals surface area contributed by atoms with Crippen LogP contribution in [0.25, 0.3) is 0 Å². The van der Waals surface area contributed by atoms with Crippen molar-refractivity contribution in [1.29, 1.82) is 0 Å². The van der Waals surface area contributed by atoms with Gasteiger partial charge in [-0.15, -0.1) is 0 Å². The van der Waals surface area contributed by atoms with Gasteiger partial charge in [0.25, 0.3) is 0 Å². The van der Waals surface area contributed by atoms with Crippen molar-refractivity contribution in [2.45, 2.75) is 89.0 Å². The fourth-order valence-electron chi connectivity index (χ4n) is 3.37. The van der Waals surface area contributed by atoms with Crippen molar-refractivity contribution in [3.63, 3.8) is 0 Å². The van der Waals surface area contributed by atoms with E-state index in [0.717, 1.165) is 51.7 Å². The van der Waals surface area contributed by atoms with Gasteiger partial charge in [0.1, 0.15) is 0 Å². The molecule has 0 bridgehead atoms. The molecule has 1 aliphatic carbocycles. The van der Waals surface area contributed by atoms with Crippen molar-refractivity contribution in [2.75, 3.05) is 13.2 Å². The normalized spacial score (nSPS) is 39.6. The lowest BCUT2D eigenvalue weighted by molar-refractivity contribution is -0.216. The average molecular weight is 284 g/mol. The van der Waals surface area contributed by atoms with Gasteiger partial charge >= 0.3 is 0 Å². The molecule has 20 heavy (non-hydrogen) atoms. The van der Waals surface area contributed by atoms with E-state index in [2.05, 4.69) is 0 Å². The van der Waals surface area contributed by atoms with Gasteiger partial charge in [-0.1, -0.05) is 0 Å². The molecule has 0 spiro atoms. The van der Waals surface area contributed by atoms with Gasteiger partial charge in [0.05, 0.1) is 12.2 Å². The van der Waals surface area contributed by atoms with Crippen molar-refractivity contribution < 1.29 is 18.9 Å². The maximum Gasteiger partial charge on any atom is 0.157 e. The molecule has 2 aliphatic heterocycles. The third-order valence-electron chi connectivity index (χ3n) is 4.59. The summed E-state index contributed by atoms with van der Waals surface area (Å²) in [5.41, 5.74) is 0. The van der Waals surface area contributed by atoms with Crippen LogP contribution in [-0.4, -0.2) is 38.0 Å². The summed E-state index contributed by atoms with van der Waals surface area (Å²) >= 11 is 0. The Balaban J connectivity index is 1.33. The highest BCUT2D eigenvalue weighted by atomic mass is 16.7. The first-order chi connectivity index (χ1) is 9.90. The molecule has 3 rings (SSSR count). The van der Waals surface area contributed by atoms with Gasteiger partial charge in [0.15, 0.2) is 12.6 Å². The Hall–Kier alpha value is -0.160. The Labute approximate surface area is 122 Å². The summed E-state index contributed by atoms with van der Waals surface area (Å²) in [6.45, 7) is 1.73. The van der Waals surface area contributed by atoms with Gasteiger partial charge < -0.3 is 18.9 Å². The zero-order valence-electron chi connectivity index (χ0n) is 12.4. The molecule has 3 fully saturated rings. The SMILES string of the molecule is C1CCC(OC2CCC(OC3CCCCO3)CC2)OC1. The molecule has 0 aromatic carbocycles. The van der Waals surface area contributed by atoms with Gasteiger partial charge in [0.2, 0.25) is 0 Å². The summed E-state index contributed by atoms with van der Waals surface area (Å²) < 4.78 is 23.4. The molecule has 0 N–H and O–H groups in total. The fraction of sp³-hybridized carbons (Fsp3) is 1.00. The Morgan fingerprint density at radius 2 is 1.00 bits per heavy atom. The van der Waals surface area contributed by atoms with Gasteiger partial charge in [0, 0.05) is 13.2 Å². The second-order valence-electron chi connectivity index (χ2n) is 6.26. The Morgan fingerprint density at radius 1 is 0.550 bits per heavy atom. The maximum absolute atomic E-state index is 6.06. The van der Waals surface area contributed by atoms with Crippen molar-refractivity contribution in [3.8, 4) is 0 Å². The van der Waals surface area contributed by atoms with E-state index in [9.17, 15) is 0 Å². The minimum absolute atomic E-state index is 0.0490. The predicted octanol–water partition coefficient (Wildman–Crippen LogP) is 3.38. The zero-order chi connectivity index (χ0) is 13.6. The molecule has 0 amide bonds. The van der Waals surface area contributed by atoms with Crippen LogP contribution in [0.5, 0.6) is 0 Å². The lowest BCUT2D eigenvalue weighted by Crippen LogP contribution is -2.35. The van der Waals surface area contributed by atoms with E-state index in [4.69, 9.17) is 18.9 Å². The van der Waals surface area contributed by atoms with Crippen molar-refractivity contribution in [2.24, 2.45) is 0 Å². The number of hydrogen-bond acceptors (Lipinski definition) is 4. The first-order valence-electron chi connectivity index (χ1n) is 8.44. The summed E-state index contributed by atoms with van der Waals surface area (Å²) in [5, 5.41) is 0. The fourth-order valence-corrected chi connectivity index (χ4v) is 3.37. The smallest absolute Gasteiger partial charge is 0.157 e. The maximum atomic E-state index is 6.06. The molecule has 2 unspecified atom stereocenters.